The van der Waals surface area contributed by atoms with Crippen LogP contribution < -0.4 is 47.9 Å². The fraction of sp³-hybridized carbons (Fsp3) is 0.481. The molecule has 0 aliphatic carbocycles. The lowest BCUT2D eigenvalue weighted by atomic mass is 9.81. The van der Waals surface area contributed by atoms with Gasteiger partial charge in [0.2, 0.25) is 0 Å². The zero-order chi connectivity index (χ0) is 73.9. The Labute approximate surface area is 671 Å². The first kappa shape index (κ1) is 90.0. The molecule has 3 aromatic carbocycles. The predicted octanol–water partition coefficient (Wildman–Crippen LogP) is -6.38. The number of aliphatic hydroxyl groups excluding tert-OH is 18. The number of benzene rings is 3. The van der Waals surface area contributed by atoms with E-state index in [-0.39, 0.29) is 32.1 Å². The number of halogens is 9. The van der Waals surface area contributed by atoms with E-state index in [1.54, 1.807) is 67.8 Å². The molecule has 0 spiro atoms. The topological polar surface area (TPSA) is 626 Å². The highest BCUT2D eigenvalue weighted by molar-refractivity contribution is 14.1. The molecular formula is C52H64I9N9O27. The number of nitrogens with one attached hydrogen (secondary N) is 9. The van der Waals surface area contributed by atoms with Crippen LogP contribution in [0, 0.1) is 38.0 Å². The van der Waals surface area contributed by atoms with Crippen molar-refractivity contribution >= 4 is 274 Å². The minimum absolute atomic E-state index is 0.142. The van der Waals surface area contributed by atoms with Crippen LogP contribution in [0.5, 0.6) is 0 Å². The molecule has 12 unspecified atom stereocenters. The Morgan fingerprint density at radius 3 is 0.536 bits per heavy atom. The molecule has 3 aromatic rings. The number of anilines is 3. The summed E-state index contributed by atoms with van der Waals surface area (Å²) in [6, 6.07) is 0. The summed E-state index contributed by atoms with van der Waals surface area (Å²) in [7, 11) is 0. The number of aliphatic hydroxyl groups is 18. The zero-order valence-corrected chi connectivity index (χ0v) is 68.5. The summed E-state index contributed by atoms with van der Waals surface area (Å²) in [4.78, 5) is 126. The lowest BCUT2D eigenvalue weighted by Gasteiger charge is -2.36. The van der Waals surface area contributed by atoms with Gasteiger partial charge in [0.25, 0.3) is 53.2 Å². The van der Waals surface area contributed by atoms with E-state index in [2.05, 4.69) is 47.9 Å². The van der Waals surface area contributed by atoms with Crippen molar-refractivity contribution < 1.29 is 135 Å². The second-order valence-electron chi connectivity index (χ2n) is 20.3. The van der Waals surface area contributed by atoms with Gasteiger partial charge in [-0.1, -0.05) is 0 Å². The van der Waals surface area contributed by atoms with E-state index in [1.807, 2.05) is 0 Å². The van der Waals surface area contributed by atoms with Gasteiger partial charge in [0.15, 0.2) is 18.3 Å². The molecule has 0 saturated heterocycles. The van der Waals surface area contributed by atoms with Crippen molar-refractivity contribution in [3.63, 3.8) is 0 Å². The summed E-state index contributed by atoms with van der Waals surface area (Å²) in [6.07, 6.45) is -27.6. The molecule has 0 heterocycles. The van der Waals surface area contributed by atoms with Crippen molar-refractivity contribution in [2.45, 2.75) is 73.2 Å². The van der Waals surface area contributed by atoms with E-state index in [9.17, 15) is 135 Å². The van der Waals surface area contributed by atoms with Crippen molar-refractivity contribution in [2.75, 3.05) is 94.9 Å². The summed E-state index contributed by atoms with van der Waals surface area (Å²) in [5.74, 6) is -14.5. The Morgan fingerprint density at radius 2 is 0.402 bits per heavy atom. The SMILES string of the molecule is O=C(NCC(O)CO)c1c(I)c(NC(=O)C(O)C(O)C(C(O)C(O)C(=O)Nc2c(I)c(C(=O)NCC(O)CO)c(I)c(C(=O)NCC(O)CO)c2I)C(O)C(O)C(=O)Nc2c(I)c(C(=O)NCC(O)CO)c(I)c(C(=O)NCC(O)CO)c2I)c(I)c(C(=O)NCC(O)CO)c1I. The van der Waals surface area contributed by atoms with E-state index >= 15 is 0 Å². The van der Waals surface area contributed by atoms with Crippen molar-refractivity contribution in [3.05, 3.63) is 65.5 Å². The smallest absolute Gasteiger partial charge is 0.255 e. The molecule has 45 heteroatoms. The van der Waals surface area contributed by atoms with Gasteiger partial charge in [-0.2, -0.15) is 0 Å². The van der Waals surface area contributed by atoms with Crippen molar-refractivity contribution in [3.8, 4) is 0 Å². The van der Waals surface area contributed by atoms with Gasteiger partial charge in [0.05, 0.1) is 166 Å². The van der Waals surface area contributed by atoms with Gasteiger partial charge in [-0.3, -0.25) is 43.2 Å². The van der Waals surface area contributed by atoms with E-state index in [0.29, 0.717) is 0 Å². The number of hydrogen-bond donors (Lipinski definition) is 27. The van der Waals surface area contributed by atoms with E-state index in [0.717, 1.165) is 0 Å². The van der Waals surface area contributed by atoms with Crippen LogP contribution in [0.2, 0.25) is 0 Å². The quantitative estimate of drug-likeness (QED) is 0.0241. The first-order valence-corrected chi connectivity index (χ1v) is 37.1. The summed E-state index contributed by atoms with van der Waals surface area (Å²) < 4.78 is -1.85. The fourth-order valence-electron chi connectivity index (χ4n) is 7.99. The van der Waals surface area contributed by atoms with Gasteiger partial charge in [-0.15, -0.1) is 0 Å². The van der Waals surface area contributed by atoms with E-state index in [1.165, 1.54) is 136 Å². The van der Waals surface area contributed by atoms with E-state index in [4.69, 9.17) is 0 Å². The number of hydrogen-bond acceptors (Lipinski definition) is 27. The van der Waals surface area contributed by atoms with Gasteiger partial charge >= 0.3 is 0 Å². The normalized spacial score (nSPS) is 15.5. The molecule has 0 aromatic heterocycles. The van der Waals surface area contributed by atoms with Gasteiger partial charge in [0.1, 0.15) is 0 Å². The van der Waals surface area contributed by atoms with Crippen LogP contribution in [-0.4, -0.2) is 297 Å². The molecule has 9 amide bonds. The minimum atomic E-state index is -3.11. The summed E-state index contributed by atoms with van der Waals surface area (Å²) in [5.41, 5.74) is -3.98. The van der Waals surface area contributed by atoms with Gasteiger partial charge in [0, 0.05) is 55.9 Å². The molecule has 542 valence electrons. The molecule has 0 radical (unpaired) electrons. The van der Waals surface area contributed by atoms with Crippen LogP contribution >= 0.6 is 203 Å². The molecule has 0 bridgehead atoms. The van der Waals surface area contributed by atoms with Gasteiger partial charge in [-0.05, 0) is 203 Å². The first-order chi connectivity index (χ1) is 45.4. The van der Waals surface area contributed by atoms with Crippen LogP contribution in [0.1, 0.15) is 62.1 Å². The maximum Gasteiger partial charge on any atom is 0.255 e. The average molecular weight is 2390 g/mol. The highest BCUT2D eigenvalue weighted by Crippen LogP contribution is 2.40. The third-order valence-corrected chi connectivity index (χ3v) is 23.0. The monoisotopic (exact) mass is 2390 g/mol. The van der Waals surface area contributed by atoms with Crippen LogP contribution in [0.25, 0.3) is 0 Å². The third kappa shape index (κ3) is 23.9. The number of rotatable bonds is 36. The largest absolute Gasteiger partial charge is 0.394 e. The molecule has 97 heavy (non-hydrogen) atoms. The van der Waals surface area contributed by atoms with Crippen molar-refractivity contribution in [1.29, 1.82) is 0 Å². The van der Waals surface area contributed by atoms with Crippen LogP contribution in [0.3, 0.4) is 0 Å². The fourth-order valence-corrected chi connectivity index (χ4v) is 21.2. The van der Waals surface area contributed by atoms with Crippen LogP contribution in [0.4, 0.5) is 17.1 Å². The first-order valence-electron chi connectivity index (χ1n) is 27.4. The predicted molar refractivity (Wildman–Crippen MR) is 412 cm³/mol. The van der Waals surface area contributed by atoms with Crippen molar-refractivity contribution in [1.82, 2.24) is 31.9 Å². The molecular weight excluding hydrogens is 2320 g/mol. The zero-order valence-electron chi connectivity index (χ0n) is 49.1. The highest BCUT2D eigenvalue weighted by atomic mass is 127. The Kier molecular flexibility index (Phi) is 39.5. The Hall–Kier alpha value is -1.26. The lowest BCUT2D eigenvalue weighted by Crippen LogP contribution is -2.58. The molecule has 36 nitrogen and oxygen atoms in total. The molecule has 0 fully saturated rings. The summed E-state index contributed by atoms with van der Waals surface area (Å²) >= 11 is 13.9. The highest BCUT2D eigenvalue weighted by Gasteiger charge is 2.49. The Balaban J connectivity index is 2.40. The minimum Gasteiger partial charge on any atom is -0.394 e. The van der Waals surface area contributed by atoms with E-state index < -0.39 is 262 Å². The standard InChI is InChI=1S/C52H64I9N9O27/c53-26-19(44(89)62-1-13(77)7-71)29(56)35(30(57)20(26)45(90)63-2-14(78)8-72)68-50(95)41(86)38(83)25(39(84)42(87)51(96)69-36-31(58)21(46(91)64-3-15(79)9-73)27(54)22(32(36)59)47(92)65-4-16(80)10-74)40(85)43(88)52(97)70-37-33(60)23(48(93)66-5-17(81)11-75)28(55)24(34(37)61)49(94)67-6-18(82)12-76/h13-18,25,38-43,71-88H,1-12H2,(H,62,89)(H,63,90)(H,64,91)(H,65,92)(H,66,93)(H,67,94)(H,68,95)(H,69,96)(H,70,97). The maximum absolute atomic E-state index is 14.5. The second-order valence-corrected chi connectivity index (χ2v) is 30.0. The second kappa shape index (κ2) is 42.6. The number of carbonyl (C=O) groups excluding carboxylic acids is 9. The molecule has 0 saturated carbocycles. The number of amides is 9. The Bertz CT molecular complexity index is 2890. The average Bonchev–Trinajstić information content (AvgIpc) is 0.785. The summed E-state index contributed by atoms with van der Waals surface area (Å²) in [5, 5.41) is 209. The molecule has 12 atom stereocenters. The van der Waals surface area contributed by atoms with Crippen LogP contribution in [-0.2, 0) is 14.4 Å². The van der Waals surface area contributed by atoms with Crippen LogP contribution in [0.15, 0.2) is 0 Å². The molecule has 27 N–H and O–H groups in total. The number of carbonyl (C=O) groups is 9. The van der Waals surface area contributed by atoms with Gasteiger partial charge < -0.3 is 140 Å². The van der Waals surface area contributed by atoms with Gasteiger partial charge in [-0.25, -0.2) is 0 Å². The maximum atomic E-state index is 14.5. The molecule has 3 rings (SSSR count). The summed E-state index contributed by atoms with van der Waals surface area (Å²) in [6.45, 7) is -8.37. The molecule has 0 aliphatic rings. The third-order valence-electron chi connectivity index (χ3n) is 13.3. The Morgan fingerprint density at radius 1 is 0.258 bits per heavy atom. The molecule has 0 aliphatic heterocycles. The van der Waals surface area contributed by atoms with Crippen molar-refractivity contribution in [2.24, 2.45) is 5.92 Å². The lowest BCUT2D eigenvalue weighted by molar-refractivity contribution is -0.167.